The lowest BCUT2D eigenvalue weighted by Crippen LogP contribution is -2.55. The Morgan fingerprint density at radius 2 is 1.93 bits per heavy atom. The molecule has 2 aliphatic heterocycles. The van der Waals surface area contributed by atoms with Gasteiger partial charge in [0.1, 0.15) is 5.82 Å². The fourth-order valence-corrected chi connectivity index (χ4v) is 9.19. The van der Waals surface area contributed by atoms with Crippen molar-refractivity contribution in [1.82, 2.24) is 9.62 Å². The third kappa shape index (κ3) is 7.91. The number of hydrogen-bond donors (Lipinski definition) is 5. The number of anilines is 1. The number of nitrogens with one attached hydrogen (secondary N) is 2. The first kappa shape index (κ1) is 32.6. The normalized spacial score (nSPS) is 29.2. The lowest BCUT2D eigenvalue weighted by Gasteiger charge is -2.49. The fourth-order valence-electron chi connectivity index (χ4n) is 7.20. The molecule has 2 heterocycles. The zero-order chi connectivity index (χ0) is 30.6. The molecule has 0 spiro atoms. The van der Waals surface area contributed by atoms with Gasteiger partial charge in [-0.1, -0.05) is 29.8 Å². The molecule has 1 saturated carbocycles. The van der Waals surface area contributed by atoms with Crippen LogP contribution in [0.5, 0.6) is 0 Å². The Hall–Kier alpha value is -1.76. The summed E-state index contributed by atoms with van der Waals surface area (Å²) in [6.07, 6.45) is 6.39. The predicted octanol–water partition coefficient (Wildman–Crippen LogP) is 6.16. The van der Waals surface area contributed by atoms with E-state index in [1.54, 1.807) is 12.1 Å². The van der Waals surface area contributed by atoms with Gasteiger partial charge >= 0.3 is 0 Å². The van der Waals surface area contributed by atoms with Gasteiger partial charge in [-0.25, -0.2) is 8.70 Å². The van der Waals surface area contributed by atoms with Crippen molar-refractivity contribution in [3.8, 4) is 0 Å². The van der Waals surface area contributed by atoms with Crippen LogP contribution in [0.15, 0.2) is 42.5 Å². The maximum absolute atomic E-state index is 15.2. The number of amides is 1. The van der Waals surface area contributed by atoms with E-state index in [2.05, 4.69) is 10.6 Å². The number of carbonyl (C=O) groups is 1. The second-order valence-corrected chi connectivity index (χ2v) is 14.8. The number of ether oxygens (including phenoxy) is 1. The second-order valence-electron chi connectivity index (χ2n) is 12.2. The summed E-state index contributed by atoms with van der Waals surface area (Å²) in [5.41, 5.74) is 8.51. The molecule has 1 amide bonds. The van der Waals surface area contributed by atoms with Gasteiger partial charge in [-0.15, -0.1) is 10.8 Å². The fraction of sp³-hybridized carbons (Fsp3) is 0.594. The van der Waals surface area contributed by atoms with Crippen LogP contribution in [0.2, 0.25) is 5.02 Å². The Morgan fingerprint density at radius 3 is 2.65 bits per heavy atom. The predicted molar refractivity (Wildman–Crippen MR) is 172 cm³/mol. The molecule has 6 N–H and O–H groups in total. The molecule has 11 heteroatoms. The largest absolute Gasteiger partial charge is 0.379 e. The highest BCUT2D eigenvalue weighted by Crippen LogP contribution is 2.49. The molecule has 2 aromatic rings. The number of hydrogen-bond acceptors (Lipinski definition) is 7. The van der Waals surface area contributed by atoms with Gasteiger partial charge in [0.05, 0.1) is 17.9 Å². The molecule has 0 aromatic heterocycles. The SMILES string of the molecule is CCOC1CCC([C@H](c2ccc(Cl)cc2)[C@H](N)C(=O)Nc2cccc(F)c2CC[C@H]2CN[C@@H]3CCCS(O)(O)N2C3)CC1. The van der Waals surface area contributed by atoms with Crippen LogP contribution in [0.25, 0.3) is 0 Å². The maximum atomic E-state index is 15.2. The lowest BCUT2D eigenvalue weighted by molar-refractivity contribution is -0.118. The number of halogens is 2. The minimum atomic E-state index is -2.85. The molecule has 2 saturated heterocycles. The van der Waals surface area contributed by atoms with Gasteiger partial charge < -0.3 is 21.1 Å². The van der Waals surface area contributed by atoms with Crippen LogP contribution in [0, 0.1) is 11.7 Å². The Morgan fingerprint density at radius 1 is 1.19 bits per heavy atom. The number of fused-ring (bicyclic) bond motifs is 2. The van der Waals surface area contributed by atoms with Crippen molar-refractivity contribution in [2.45, 2.75) is 88.4 Å². The molecule has 2 aromatic carbocycles. The third-order valence-electron chi connectivity index (χ3n) is 9.47. The minimum absolute atomic E-state index is 0.147. The van der Waals surface area contributed by atoms with Gasteiger partial charge in [-0.05, 0) is 94.0 Å². The molecule has 3 aliphatic rings. The topological polar surface area (TPSA) is 120 Å². The van der Waals surface area contributed by atoms with Crippen LogP contribution >= 0.6 is 22.4 Å². The highest BCUT2D eigenvalue weighted by molar-refractivity contribution is 8.22. The smallest absolute Gasteiger partial charge is 0.241 e. The number of nitrogens with zero attached hydrogens (tertiary/aromatic N) is 1. The average molecular weight is 637 g/mol. The van der Waals surface area contributed by atoms with Crippen LogP contribution in [0.1, 0.15) is 68.9 Å². The molecule has 5 rings (SSSR count). The molecule has 8 nitrogen and oxygen atoms in total. The van der Waals surface area contributed by atoms with Crippen LogP contribution in [0.3, 0.4) is 0 Å². The van der Waals surface area contributed by atoms with Gasteiger partial charge in [0.15, 0.2) is 0 Å². The van der Waals surface area contributed by atoms with Gasteiger partial charge in [-0.3, -0.25) is 13.9 Å². The Balaban J connectivity index is 1.31. The second kappa shape index (κ2) is 14.6. The van der Waals surface area contributed by atoms with E-state index in [9.17, 15) is 13.9 Å². The number of piperazine rings is 1. The molecule has 0 radical (unpaired) electrons. The summed E-state index contributed by atoms with van der Waals surface area (Å²) >= 11 is 6.18. The van der Waals surface area contributed by atoms with Gasteiger partial charge in [0.2, 0.25) is 5.91 Å². The third-order valence-corrected chi connectivity index (χ3v) is 11.8. The van der Waals surface area contributed by atoms with Crippen molar-refractivity contribution in [3.05, 3.63) is 64.4 Å². The Bertz CT molecular complexity index is 1230. The van der Waals surface area contributed by atoms with E-state index in [1.165, 1.54) is 6.07 Å². The summed E-state index contributed by atoms with van der Waals surface area (Å²) in [5.74, 6) is -0.433. The monoisotopic (exact) mass is 636 g/mol. The standard InChI is InChI=1S/C32H46ClFN4O4S/c1-2-42-26-15-10-22(11-16-26)30(21-8-12-23(33)13-9-21)31(35)32(39)37-29-7-3-6-28(34)27(29)17-14-25-19-36-24-5-4-18-43(40,41)38(25)20-24/h3,6-9,12-13,22,24-26,30-31,36,40-41H,2,4-5,10-11,14-20,35H2,1H3,(H,37,39)/t22?,24-,25+,26?,30+,31+/m1/s1. The summed E-state index contributed by atoms with van der Waals surface area (Å²) in [6.45, 7) is 3.87. The van der Waals surface area contributed by atoms with Crippen LogP contribution in [-0.4, -0.2) is 69.0 Å². The Kier molecular flexibility index (Phi) is 11.0. The summed E-state index contributed by atoms with van der Waals surface area (Å²) in [5, 5.41) is 7.10. The number of carbonyl (C=O) groups excluding carboxylic acids is 1. The molecule has 2 bridgehead atoms. The van der Waals surface area contributed by atoms with Gasteiger partial charge in [0, 0.05) is 54.0 Å². The van der Waals surface area contributed by atoms with E-state index >= 15 is 4.39 Å². The molecule has 1 aliphatic carbocycles. The lowest BCUT2D eigenvalue weighted by atomic mass is 9.72. The highest BCUT2D eigenvalue weighted by Gasteiger charge is 2.39. The zero-order valence-corrected chi connectivity index (χ0v) is 26.5. The first-order valence-electron chi connectivity index (χ1n) is 15.6. The molecular formula is C32H46ClFN4O4S. The molecule has 43 heavy (non-hydrogen) atoms. The van der Waals surface area contributed by atoms with E-state index in [4.69, 9.17) is 22.1 Å². The van der Waals surface area contributed by atoms with Gasteiger partial charge in [-0.2, -0.15) is 0 Å². The highest BCUT2D eigenvalue weighted by atomic mass is 35.5. The zero-order valence-electron chi connectivity index (χ0n) is 24.9. The van der Waals surface area contributed by atoms with Crippen molar-refractivity contribution in [3.63, 3.8) is 0 Å². The van der Waals surface area contributed by atoms with Crippen LogP contribution in [-0.2, 0) is 16.0 Å². The molecule has 238 valence electrons. The van der Waals surface area contributed by atoms with E-state index < -0.39 is 22.6 Å². The summed E-state index contributed by atoms with van der Waals surface area (Å²) in [4.78, 5) is 13.7. The number of nitrogens with two attached hydrogens (primary N) is 1. The van der Waals surface area contributed by atoms with Crippen molar-refractivity contribution < 1.29 is 23.0 Å². The molecule has 3 fully saturated rings. The quantitative estimate of drug-likeness (QED) is 0.212. The number of rotatable bonds is 10. The van der Waals surface area contributed by atoms with Crippen LogP contribution < -0.4 is 16.4 Å². The summed E-state index contributed by atoms with van der Waals surface area (Å²) < 4.78 is 44.5. The minimum Gasteiger partial charge on any atom is -0.379 e. The first-order chi connectivity index (χ1) is 20.7. The van der Waals surface area contributed by atoms with E-state index in [-0.39, 0.29) is 35.9 Å². The van der Waals surface area contributed by atoms with Gasteiger partial charge in [0.25, 0.3) is 0 Å². The number of benzene rings is 2. The van der Waals surface area contributed by atoms with Crippen molar-refractivity contribution in [2.24, 2.45) is 11.7 Å². The van der Waals surface area contributed by atoms with E-state index in [0.717, 1.165) is 44.1 Å². The molecule has 5 atom stereocenters. The van der Waals surface area contributed by atoms with E-state index in [1.807, 2.05) is 35.5 Å². The van der Waals surface area contributed by atoms with E-state index in [0.29, 0.717) is 54.6 Å². The summed E-state index contributed by atoms with van der Waals surface area (Å²) in [6, 6.07) is 11.5. The molecular weight excluding hydrogens is 591 g/mol. The van der Waals surface area contributed by atoms with Crippen molar-refractivity contribution in [2.75, 3.05) is 30.8 Å². The maximum Gasteiger partial charge on any atom is 0.241 e. The van der Waals surface area contributed by atoms with Crippen LogP contribution in [0.4, 0.5) is 10.1 Å². The Labute approximate surface area is 261 Å². The van der Waals surface area contributed by atoms with Crippen molar-refractivity contribution in [1.29, 1.82) is 0 Å². The average Bonchev–Trinajstić information content (AvgIpc) is 3.10. The first-order valence-corrected chi connectivity index (χ1v) is 17.7. The molecule has 1 unspecified atom stereocenters. The summed E-state index contributed by atoms with van der Waals surface area (Å²) in [7, 11) is -2.85. The van der Waals surface area contributed by atoms with Crippen molar-refractivity contribution >= 4 is 34.0 Å².